The monoisotopic (exact) mass is 290 g/mol. The minimum atomic E-state index is -0.156. The predicted octanol–water partition coefficient (Wildman–Crippen LogP) is 2.20. The van der Waals surface area contributed by atoms with Gasteiger partial charge in [0.2, 0.25) is 0 Å². The quantitative estimate of drug-likeness (QED) is 0.755. The molecule has 20 heavy (non-hydrogen) atoms. The van der Waals surface area contributed by atoms with Gasteiger partial charge in [0, 0.05) is 11.3 Å². The fraction of sp³-hybridized carbons (Fsp3) is 0.429. The number of thioether (sulfide) groups is 1. The summed E-state index contributed by atoms with van der Waals surface area (Å²) in [5.74, 6) is 0. The third-order valence-electron chi connectivity index (χ3n) is 3.91. The number of nitrogens with one attached hydrogen (secondary N) is 2. The molecule has 2 atom stereocenters. The molecular weight excluding hydrogens is 272 g/mol. The van der Waals surface area contributed by atoms with E-state index in [4.69, 9.17) is 5.73 Å². The lowest BCUT2D eigenvalue weighted by Crippen LogP contribution is -2.26. The fourth-order valence-corrected chi connectivity index (χ4v) is 3.76. The van der Waals surface area contributed by atoms with Crippen LogP contribution in [0, 0.1) is 0 Å². The summed E-state index contributed by atoms with van der Waals surface area (Å²) in [7, 11) is 0. The number of aromatic nitrogens is 2. The van der Waals surface area contributed by atoms with E-state index in [0.29, 0.717) is 27.9 Å². The smallest absolute Gasteiger partial charge is 0.258 e. The second kappa shape index (κ2) is 5.36. The van der Waals surface area contributed by atoms with Crippen molar-refractivity contribution in [2.75, 3.05) is 17.3 Å². The van der Waals surface area contributed by atoms with Crippen molar-refractivity contribution in [2.45, 2.75) is 30.6 Å². The van der Waals surface area contributed by atoms with E-state index in [9.17, 15) is 4.79 Å². The Bertz CT molecular complexity index is 684. The van der Waals surface area contributed by atoms with Crippen molar-refractivity contribution in [3.63, 3.8) is 0 Å². The molecule has 0 spiro atoms. The van der Waals surface area contributed by atoms with E-state index >= 15 is 0 Å². The molecule has 0 saturated heterocycles. The Kier molecular flexibility index (Phi) is 3.56. The number of fused-ring (bicyclic) bond motifs is 1. The van der Waals surface area contributed by atoms with Gasteiger partial charge in [-0.2, -0.15) is 11.8 Å². The van der Waals surface area contributed by atoms with Crippen LogP contribution in [0.25, 0.3) is 10.9 Å². The summed E-state index contributed by atoms with van der Waals surface area (Å²) in [6.45, 7) is 0. The molecule has 1 aliphatic carbocycles. The lowest BCUT2D eigenvalue weighted by molar-refractivity contribution is 0.769. The molecule has 5 nitrogen and oxygen atoms in total. The van der Waals surface area contributed by atoms with Gasteiger partial charge in [-0.15, -0.1) is 0 Å². The van der Waals surface area contributed by atoms with Gasteiger partial charge in [0.1, 0.15) is 0 Å². The van der Waals surface area contributed by atoms with E-state index in [2.05, 4.69) is 21.5 Å². The van der Waals surface area contributed by atoms with Crippen molar-refractivity contribution in [1.29, 1.82) is 0 Å². The number of nitrogen functional groups attached to an aromatic ring is 1. The van der Waals surface area contributed by atoms with Crippen LogP contribution in [0.2, 0.25) is 0 Å². The molecule has 1 saturated carbocycles. The van der Waals surface area contributed by atoms with Crippen LogP contribution in [-0.4, -0.2) is 27.5 Å². The average Bonchev–Trinajstić information content (AvgIpc) is 2.88. The molecular formula is C14H18N4OS. The first-order valence-electron chi connectivity index (χ1n) is 6.75. The average molecular weight is 290 g/mol. The number of anilines is 2. The highest BCUT2D eigenvalue weighted by atomic mass is 32.2. The Balaban J connectivity index is 1.96. The molecule has 0 radical (unpaired) electrons. The van der Waals surface area contributed by atoms with E-state index in [1.165, 1.54) is 19.2 Å². The molecule has 1 fully saturated rings. The molecule has 1 aromatic carbocycles. The molecule has 0 bridgehead atoms. The van der Waals surface area contributed by atoms with Crippen LogP contribution in [-0.2, 0) is 0 Å². The summed E-state index contributed by atoms with van der Waals surface area (Å²) in [4.78, 5) is 18.5. The standard InChI is InChI=1S/C14H18N4OS/c1-20-13-4-2-3-10(13)18-12-6-11-8(5-9(12)15)14(19)17-7-16-11/h5-7,10,13,18H,2-4,15H2,1H3,(H,16,17,19). The fourth-order valence-electron chi connectivity index (χ4n) is 2.83. The number of nitrogens with zero attached hydrogens (tertiary/aromatic N) is 1. The Morgan fingerprint density at radius 2 is 2.30 bits per heavy atom. The highest BCUT2D eigenvalue weighted by molar-refractivity contribution is 7.99. The minimum Gasteiger partial charge on any atom is -0.397 e. The Morgan fingerprint density at radius 1 is 1.45 bits per heavy atom. The molecule has 106 valence electrons. The second-order valence-electron chi connectivity index (χ2n) is 5.14. The van der Waals surface area contributed by atoms with Crippen molar-refractivity contribution < 1.29 is 0 Å². The molecule has 1 aliphatic rings. The van der Waals surface area contributed by atoms with E-state index in [-0.39, 0.29) is 5.56 Å². The lowest BCUT2D eigenvalue weighted by atomic mass is 10.1. The van der Waals surface area contributed by atoms with Crippen LogP contribution in [0.3, 0.4) is 0 Å². The van der Waals surface area contributed by atoms with Gasteiger partial charge >= 0.3 is 0 Å². The van der Waals surface area contributed by atoms with Crippen LogP contribution < -0.4 is 16.6 Å². The molecule has 0 amide bonds. The Morgan fingerprint density at radius 3 is 3.10 bits per heavy atom. The van der Waals surface area contributed by atoms with Gasteiger partial charge < -0.3 is 16.0 Å². The van der Waals surface area contributed by atoms with Crippen LogP contribution in [0.15, 0.2) is 23.3 Å². The number of H-pyrrole nitrogens is 1. The molecule has 6 heteroatoms. The Labute approximate surface area is 121 Å². The van der Waals surface area contributed by atoms with Crippen molar-refractivity contribution in [1.82, 2.24) is 9.97 Å². The maximum absolute atomic E-state index is 11.7. The van der Waals surface area contributed by atoms with Gasteiger partial charge in [0.05, 0.1) is 28.6 Å². The zero-order valence-corrected chi connectivity index (χ0v) is 12.2. The topological polar surface area (TPSA) is 83.8 Å². The maximum atomic E-state index is 11.7. The Hall–Kier alpha value is -1.69. The van der Waals surface area contributed by atoms with Gasteiger partial charge in [-0.1, -0.05) is 6.42 Å². The van der Waals surface area contributed by atoms with Crippen LogP contribution in [0.1, 0.15) is 19.3 Å². The summed E-state index contributed by atoms with van der Waals surface area (Å²) >= 11 is 1.90. The number of nitrogens with two attached hydrogens (primary N) is 1. The van der Waals surface area contributed by atoms with Gasteiger partial charge in [-0.25, -0.2) is 4.98 Å². The minimum absolute atomic E-state index is 0.156. The third-order valence-corrected chi connectivity index (χ3v) is 5.08. The molecule has 2 aromatic rings. The number of rotatable bonds is 3. The lowest BCUT2D eigenvalue weighted by Gasteiger charge is -2.21. The van der Waals surface area contributed by atoms with Crippen LogP contribution in [0.4, 0.5) is 11.4 Å². The zero-order valence-electron chi connectivity index (χ0n) is 11.3. The molecule has 1 heterocycles. The van der Waals surface area contributed by atoms with E-state index < -0.39 is 0 Å². The first-order valence-corrected chi connectivity index (χ1v) is 8.04. The zero-order chi connectivity index (χ0) is 14.1. The van der Waals surface area contributed by atoms with Gasteiger partial charge in [0.25, 0.3) is 5.56 Å². The summed E-state index contributed by atoms with van der Waals surface area (Å²) in [6, 6.07) is 4.01. The normalized spacial score (nSPS) is 22.2. The van der Waals surface area contributed by atoms with E-state index in [0.717, 1.165) is 12.1 Å². The summed E-state index contributed by atoms with van der Waals surface area (Å²) < 4.78 is 0. The first kappa shape index (κ1) is 13.3. The van der Waals surface area contributed by atoms with Crippen molar-refractivity contribution in [2.24, 2.45) is 0 Å². The molecule has 4 N–H and O–H groups in total. The third kappa shape index (κ3) is 2.35. The van der Waals surface area contributed by atoms with Gasteiger partial charge in [-0.05, 0) is 31.2 Å². The highest BCUT2D eigenvalue weighted by Gasteiger charge is 2.26. The van der Waals surface area contributed by atoms with Crippen molar-refractivity contribution >= 4 is 34.0 Å². The first-order chi connectivity index (χ1) is 9.69. The maximum Gasteiger partial charge on any atom is 0.258 e. The van der Waals surface area contributed by atoms with E-state index in [1.54, 1.807) is 6.07 Å². The summed E-state index contributed by atoms with van der Waals surface area (Å²) in [5, 5.41) is 4.68. The van der Waals surface area contributed by atoms with Gasteiger partial charge in [-0.3, -0.25) is 4.79 Å². The number of hydrogen-bond acceptors (Lipinski definition) is 5. The summed E-state index contributed by atoms with van der Waals surface area (Å²) in [5.41, 5.74) is 8.06. The van der Waals surface area contributed by atoms with Crippen LogP contribution in [0.5, 0.6) is 0 Å². The van der Waals surface area contributed by atoms with Crippen LogP contribution >= 0.6 is 11.8 Å². The molecule has 3 rings (SSSR count). The SMILES string of the molecule is CSC1CCCC1Nc1cc2nc[nH]c(=O)c2cc1N. The largest absolute Gasteiger partial charge is 0.397 e. The second-order valence-corrected chi connectivity index (χ2v) is 6.22. The number of benzene rings is 1. The number of aromatic amines is 1. The summed E-state index contributed by atoms with van der Waals surface area (Å²) in [6.07, 6.45) is 7.21. The predicted molar refractivity (Wildman–Crippen MR) is 85.3 cm³/mol. The molecule has 2 unspecified atom stereocenters. The van der Waals surface area contributed by atoms with Crippen molar-refractivity contribution in [3.05, 3.63) is 28.8 Å². The molecule has 1 aromatic heterocycles. The highest BCUT2D eigenvalue weighted by Crippen LogP contribution is 2.33. The van der Waals surface area contributed by atoms with E-state index in [1.807, 2.05) is 17.8 Å². The van der Waals surface area contributed by atoms with Crippen molar-refractivity contribution in [3.8, 4) is 0 Å². The van der Waals surface area contributed by atoms with Gasteiger partial charge in [0.15, 0.2) is 0 Å². The number of hydrogen-bond donors (Lipinski definition) is 3. The molecule has 0 aliphatic heterocycles.